The third-order valence-electron chi connectivity index (χ3n) is 3.24. The van der Waals surface area contributed by atoms with Crippen molar-refractivity contribution < 1.29 is 14.6 Å². The number of methoxy groups -OCH3 is 1. The van der Waals surface area contributed by atoms with Gasteiger partial charge in [0.15, 0.2) is 5.69 Å². The molecule has 0 spiro atoms. The summed E-state index contributed by atoms with van der Waals surface area (Å²) in [5, 5.41) is 16.5. The first-order valence-corrected chi connectivity index (χ1v) is 6.36. The molecule has 0 unspecified atom stereocenters. The maximum absolute atomic E-state index is 10.9. The van der Waals surface area contributed by atoms with Gasteiger partial charge in [-0.2, -0.15) is 0 Å². The van der Waals surface area contributed by atoms with E-state index in [0.717, 1.165) is 23.3 Å². The van der Waals surface area contributed by atoms with Crippen molar-refractivity contribution >= 4 is 5.97 Å². The normalized spacial score (nSPS) is 10.6. The number of rotatable bonds is 5. The molecule has 0 radical (unpaired) electrons. The molecule has 0 aliphatic rings. The number of benzene rings is 1. The Kier molecular flexibility index (Phi) is 4.02. The monoisotopic (exact) mass is 275 g/mol. The summed E-state index contributed by atoms with van der Waals surface area (Å²) in [6, 6.07) is 5.90. The van der Waals surface area contributed by atoms with Crippen LogP contribution in [-0.4, -0.2) is 33.2 Å². The Labute approximate surface area is 117 Å². The van der Waals surface area contributed by atoms with E-state index in [9.17, 15) is 4.79 Å². The molecule has 106 valence electrons. The molecule has 6 heteroatoms. The van der Waals surface area contributed by atoms with Gasteiger partial charge in [0, 0.05) is 0 Å². The van der Waals surface area contributed by atoms with Gasteiger partial charge in [-0.05, 0) is 30.5 Å². The predicted molar refractivity (Wildman–Crippen MR) is 73.2 cm³/mol. The summed E-state index contributed by atoms with van der Waals surface area (Å²) in [4.78, 5) is 10.9. The first-order chi connectivity index (χ1) is 9.56. The second kappa shape index (κ2) is 5.73. The van der Waals surface area contributed by atoms with Crippen LogP contribution in [0.25, 0.3) is 0 Å². The molecule has 0 saturated heterocycles. The third-order valence-corrected chi connectivity index (χ3v) is 3.24. The molecule has 0 aliphatic heterocycles. The molecule has 0 fully saturated rings. The second-order valence-corrected chi connectivity index (χ2v) is 4.49. The highest BCUT2D eigenvalue weighted by Gasteiger charge is 2.15. The summed E-state index contributed by atoms with van der Waals surface area (Å²) < 4.78 is 6.88. The zero-order chi connectivity index (χ0) is 14.7. The fraction of sp³-hybridized carbons (Fsp3) is 0.357. The molecule has 0 bridgehead atoms. The maximum Gasteiger partial charge on any atom is 0.358 e. The summed E-state index contributed by atoms with van der Waals surface area (Å²) in [6.07, 6.45) is 0.869. The van der Waals surface area contributed by atoms with Crippen LogP contribution in [0.4, 0.5) is 0 Å². The van der Waals surface area contributed by atoms with E-state index in [0.29, 0.717) is 12.2 Å². The van der Waals surface area contributed by atoms with Gasteiger partial charge in [0.05, 0.1) is 19.3 Å². The van der Waals surface area contributed by atoms with E-state index in [4.69, 9.17) is 9.84 Å². The fourth-order valence-corrected chi connectivity index (χ4v) is 2.09. The Morgan fingerprint density at radius 1 is 1.45 bits per heavy atom. The van der Waals surface area contributed by atoms with Crippen LogP contribution in [0.3, 0.4) is 0 Å². The number of aromatic carboxylic acids is 1. The van der Waals surface area contributed by atoms with E-state index in [2.05, 4.69) is 17.2 Å². The van der Waals surface area contributed by atoms with Crippen LogP contribution < -0.4 is 4.74 Å². The van der Waals surface area contributed by atoms with Gasteiger partial charge >= 0.3 is 5.97 Å². The largest absolute Gasteiger partial charge is 0.496 e. The van der Waals surface area contributed by atoms with Crippen molar-refractivity contribution in [3.63, 3.8) is 0 Å². The summed E-state index contributed by atoms with van der Waals surface area (Å²) in [6.45, 7) is 4.25. The van der Waals surface area contributed by atoms with E-state index >= 15 is 0 Å². The Balaban J connectivity index is 2.28. The lowest BCUT2D eigenvalue weighted by molar-refractivity contribution is 0.0689. The fourth-order valence-electron chi connectivity index (χ4n) is 2.09. The van der Waals surface area contributed by atoms with E-state index < -0.39 is 5.97 Å². The molecule has 1 N–H and O–H groups in total. The van der Waals surface area contributed by atoms with E-state index in [-0.39, 0.29) is 5.69 Å². The van der Waals surface area contributed by atoms with Gasteiger partial charge in [-0.3, -0.25) is 0 Å². The van der Waals surface area contributed by atoms with Crippen LogP contribution >= 0.6 is 0 Å². The van der Waals surface area contributed by atoms with E-state index in [1.807, 2.05) is 18.2 Å². The van der Waals surface area contributed by atoms with Crippen molar-refractivity contribution in [3.05, 3.63) is 40.7 Å². The second-order valence-electron chi connectivity index (χ2n) is 4.49. The molecule has 0 saturated carbocycles. The standard InChI is InChI=1S/C14H17N3O3/c1-4-11-7-10(5-6-12(11)20-3)8-17-9(2)13(14(18)19)15-16-17/h5-7H,4,8H2,1-3H3,(H,18,19). The van der Waals surface area contributed by atoms with Crippen molar-refractivity contribution in [1.82, 2.24) is 15.0 Å². The average Bonchev–Trinajstić information content (AvgIpc) is 2.80. The minimum atomic E-state index is -1.06. The van der Waals surface area contributed by atoms with Gasteiger partial charge in [0.2, 0.25) is 0 Å². The van der Waals surface area contributed by atoms with Crippen LogP contribution in [0.15, 0.2) is 18.2 Å². The Bertz CT molecular complexity index is 635. The number of carboxylic acids is 1. The van der Waals surface area contributed by atoms with E-state index in [1.54, 1.807) is 18.7 Å². The molecule has 2 rings (SSSR count). The molecule has 0 aliphatic carbocycles. The number of hydrogen-bond acceptors (Lipinski definition) is 4. The summed E-state index contributed by atoms with van der Waals surface area (Å²) in [7, 11) is 1.65. The molecule has 1 heterocycles. The number of aromatic nitrogens is 3. The van der Waals surface area contributed by atoms with Gasteiger partial charge in [0.1, 0.15) is 5.75 Å². The van der Waals surface area contributed by atoms with Gasteiger partial charge in [-0.1, -0.05) is 24.3 Å². The van der Waals surface area contributed by atoms with Crippen LogP contribution in [0, 0.1) is 6.92 Å². The Morgan fingerprint density at radius 3 is 2.75 bits per heavy atom. The molecule has 6 nitrogen and oxygen atoms in total. The SMILES string of the molecule is CCc1cc(Cn2nnc(C(=O)O)c2C)ccc1OC. The quantitative estimate of drug-likeness (QED) is 0.901. The number of ether oxygens (including phenoxy) is 1. The first-order valence-electron chi connectivity index (χ1n) is 6.36. The molecule has 1 aromatic heterocycles. The van der Waals surface area contributed by atoms with Crippen molar-refractivity contribution in [3.8, 4) is 5.75 Å². The molecule has 1 aromatic carbocycles. The topological polar surface area (TPSA) is 77.2 Å². The Hall–Kier alpha value is -2.37. The van der Waals surface area contributed by atoms with Gasteiger partial charge in [0.25, 0.3) is 0 Å². The molecule has 20 heavy (non-hydrogen) atoms. The van der Waals surface area contributed by atoms with Crippen molar-refractivity contribution in [2.24, 2.45) is 0 Å². The lowest BCUT2D eigenvalue weighted by atomic mass is 10.1. The van der Waals surface area contributed by atoms with Crippen molar-refractivity contribution in [1.29, 1.82) is 0 Å². The van der Waals surface area contributed by atoms with Crippen LogP contribution in [0.5, 0.6) is 5.75 Å². The number of carbonyl (C=O) groups is 1. The predicted octanol–water partition coefficient (Wildman–Crippen LogP) is 1.90. The Morgan fingerprint density at radius 2 is 2.20 bits per heavy atom. The number of hydrogen-bond donors (Lipinski definition) is 1. The zero-order valence-electron chi connectivity index (χ0n) is 11.8. The smallest absolute Gasteiger partial charge is 0.358 e. The highest BCUT2D eigenvalue weighted by molar-refractivity contribution is 5.86. The average molecular weight is 275 g/mol. The number of nitrogens with zero attached hydrogens (tertiary/aromatic N) is 3. The van der Waals surface area contributed by atoms with Crippen LogP contribution in [0.1, 0.15) is 34.2 Å². The molecular formula is C14H17N3O3. The third kappa shape index (κ3) is 2.64. The van der Waals surface area contributed by atoms with E-state index in [1.165, 1.54) is 0 Å². The minimum Gasteiger partial charge on any atom is -0.496 e. The highest BCUT2D eigenvalue weighted by Crippen LogP contribution is 2.21. The van der Waals surface area contributed by atoms with Gasteiger partial charge in [-0.15, -0.1) is 5.10 Å². The van der Waals surface area contributed by atoms with Gasteiger partial charge < -0.3 is 9.84 Å². The zero-order valence-corrected chi connectivity index (χ0v) is 11.8. The summed E-state index contributed by atoms with van der Waals surface area (Å²) >= 11 is 0. The number of carboxylic acid groups (broad SMARTS) is 1. The molecule has 2 aromatic rings. The first kappa shape index (κ1) is 14.0. The number of aryl methyl sites for hydroxylation is 1. The maximum atomic E-state index is 10.9. The summed E-state index contributed by atoms with van der Waals surface area (Å²) in [5.74, 6) is -0.199. The molecule has 0 amide bonds. The highest BCUT2D eigenvalue weighted by atomic mass is 16.5. The lowest BCUT2D eigenvalue weighted by Gasteiger charge is -2.10. The minimum absolute atomic E-state index is 0.00535. The van der Waals surface area contributed by atoms with Crippen LogP contribution in [-0.2, 0) is 13.0 Å². The van der Waals surface area contributed by atoms with Gasteiger partial charge in [-0.25, -0.2) is 9.48 Å². The van der Waals surface area contributed by atoms with Crippen molar-refractivity contribution in [2.75, 3.05) is 7.11 Å². The molecule has 0 atom stereocenters. The van der Waals surface area contributed by atoms with Crippen molar-refractivity contribution in [2.45, 2.75) is 26.8 Å². The molecular weight excluding hydrogens is 258 g/mol. The summed E-state index contributed by atoms with van der Waals surface area (Å²) in [5.41, 5.74) is 2.69. The lowest BCUT2D eigenvalue weighted by Crippen LogP contribution is -2.06. The van der Waals surface area contributed by atoms with Crippen LogP contribution in [0.2, 0.25) is 0 Å².